The van der Waals surface area contributed by atoms with Crippen molar-refractivity contribution in [3.05, 3.63) is 40.8 Å². The molecule has 1 aromatic heterocycles. The normalized spacial score (nSPS) is 11.1. The van der Waals surface area contributed by atoms with Gasteiger partial charge < -0.3 is 5.32 Å². The van der Waals surface area contributed by atoms with Crippen LogP contribution in [0.25, 0.3) is 5.57 Å². The number of nitriles is 1. The number of hydrogen-bond donors (Lipinski definition) is 2. The molecule has 1 aromatic carbocycles. The van der Waals surface area contributed by atoms with E-state index in [4.69, 9.17) is 16.9 Å². The zero-order valence-electron chi connectivity index (χ0n) is 9.48. The van der Waals surface area contributed by atoms with Gasteiger partial charge in [-0.3, -0.25) is 0 Å². The molecule has 0 saturated heterocycles. The fourth-order valence-corrected chi connectivity index (χ4v) is 1.59. The first-order valence-electron chi connectivity index (χ1n) is 5.07. The maximum atomic E-state index is 8.99. The van der Waals surface area contributed by atoms with E-state index in [2.05, 4.69) is 25.9 Å². The lowest BCUT2D eigenvalue weighted by atomic mass is 10.2. The van der Waals surface area contributed by atoms with Crippen LogP contribution in [-0.4, -0.2) is 20.6 Å². The third kappa shape index (κ3) is 2.64. The molecular weight excluding hydrogens is 252 g/mol. The number of tetrazole rings is 1. The summed E-state index contributed by atoms with van der Waals surface area (Å²) in [6.45, 7) is 1.92. The van der Waals surface area contributed by atoms with Crippen LogP contribution >= 0.6 is 11.6 Å². The molecule has 0 fully saturated rings. The molecule has 90 valence electrons. The Hall–Kier alpha value is -2.39. The van der Waals surface area contributed by atoms with Crippen LogP contribution in [-0.2, 0) is 0 Å². The summed E-state index contributed by atoms with van der Waals surface area (Å²) in [5.41, 5.74) is 2.12. The predicted octanol–water partition coefficient (Wildman–Crippen LogP) is 2.14. The highest BCUT2D eigenvalue weighted by atomic mass is 35.5. The molecule has 0 saturated carbocycles. The number of halogens is 1. The number of hydrogen-bond acceptors (Lipinski definition) is 5. The van der Waals surface area contributed by atoms with Crippen molar-refractivity contribution in [3.8, 4) is 6.07 Å². The van der Waals surface area contributed by atoms with E-state index in [1.54, 1.807) is 6.07 Å². The van der Waals surface area contributed by atoms with Gasteiger partial charge in [-0.05, 0) is 35.9 Å². The number of H-pyrrole nitrogens is 1. The lowest BCUT2D eigenvalue weighted by Gasteiger charge is -2.05. The summed E-state index contributed by atoms with van der Waals surface area (Å²) >= 11 is 5.86. The molecule has 0 aliphatic heterocycles. The second-order valence-corrected chi connectivity index (χ2v) is 3.95. The van der Waals surface area contributed by atoms with Crippen molar-refractivity contribution in [3.63, 3.8) is 0 Å². The number of aryl methyl sites for hydroxylation is 1. The first kappa shape index (κ1) is 12.1. The summed E-state index contributed by atoms with van der Waals surface area (Å²) in [5.74, 6) is 0.247. The van der Waals surface area contributed by atoms with E-state index in [9.17, 15) is 0 Å². The lowest BCUT2D eigenvalue weighted by Crippen LogP contribution is -1.94. The lowest BCUT2D eigenvalue weighted by molar-refractivity contribution is 0.881. The van der Waals surface area contributed by atoms with E-state index in [1.165, 1.54) is 6.20 Å². The third-order valence-corrected chi connectivity index (χ3v) is 2.50. The largest absolute Gasteiger partial charge is 0.360 e. The molecule has 18 heavy (non-hydrogen) atoms. The molecule has 2 aromatic rings. The molecule has 0 atom stereocenters. The van der Waals surface area contributed by atoms with Gasteiger partial charge in [0.1, 0.15) is 11.6 Å². The predicted molar refractivity (Wildman–Crippen MR) is 67.6 cm³/mol. The molecule has 0 amide bonds. The van der Waals surface area contributed by atoms with Crippen molar-refractivity contribution >= 4 is 22.9 Å². The number of aromatic amines is 1. The van der Waals surface area contributed by atoms with Gasteiger partial charge in [0.05, 0.1) is 0 Å². The fraction of sp³-hybridized carbons (Fsp3) is 0.0909. The highest BCUT2D eigenvalue weighted by Crippen LogP contribution is 2.20. The van der Waals surface area contributed by atoms with Crippen LogP contribution in [0.15, 0.2) is 24.4 Å². The molecule has 0 unspecified atom stereocenters. The van der Waals surface area contributed by atoms with Crippen LogP contribution in [0.4, 0.5) is 5.69 Å². The molecule has 0 aliphatic carbocycles. The zero-order chi connectivity index (χ0) is 13.0. The topological polar surface area (TPSA) is 90.3 Å². The van der Waals surface area contributed by atoms with E-state index >= 15 is 0 Å². The second-order valence-electron chi connectivity index (χ2n) is 3.51. The van der Waals surface area contributed by atoms with E-state index in [0.29, 0.717) is 5.02 Å². The van der Waals surface area contributed by atoms with E-state index < -0.39 is 0 Å². The van der Waals surface area contributed by atoms with Gasteiger partial charge in [0.15, 0.2) is 0 Å². The van der Waals surface area contributed by atoms with Crippen LogP contribution in [0, 0.1) is 18.3 Å². The average Bonchev–Trinajstić information content (AvgIpc) is 2.86. The third-order valence-electron chi connectivity index (χ3n) is 2.27. The first-order chi connectivity index (χ1) is 8.70. The van der Waals surface area contributed by atoms with Crippen LogP contribution in [0.3, 0.4) is 0 Å². The second kappa shape index (κ2) is 5.29. The van der Waals surface area contributed by atoms with Crippen molar-refractivity contribution in [1.82, 2.24) is 20.6 Å². The Bertz CT molecular complexity index is 611. The van der Waals surface area contributed by atoms with Crippen LogP contribution in [0.2, 0.25) is 5.02 Å². The number of nitrogens with one attached hydrogen (secondary N) is 2. The van der Waals surface area contributed by atoms with Crippen LogP contribution in [0.1, 0.15) is 11.4 Å². The zero-order valence-corrected chi connectivity index (χ0v) is 10.2. The molecule has 0 radical (unpaired) electrons. The number of aromatic nitrogens is 4. The van der Waals surface area contributed by atoms with Gasteiger partial charge >= 0.3 is 0 Å². The van der Waals surface area contributed by atoms with Crippen molar-refractivity contribution in [2.75, 3.05) is 5.32 Å². The Morgan fingerprint density at radius 1 is 1.56 bits per heavy atom. The van der Waals surface area contributed by atoms with Gasteiger partial charge in [0.2, 0.25) is 5.82 Å². The Morgan fingerprint density at radius 3 is 3.00 bits per heavy atom. The minimum atomic E-state index is 0.247. The van der Waals surface area contributed by atoms with Gasteiger partial charge in [-0.1, -0.05) is 11.6 Å². The van der Waals surface area contributed by atoms with Crippen LogP contribution < -0.4 is 5.32 Å². The van der Waals surface area contributed by atoms with Gasteiger partial charge in [-0.2, -0.15) is 10.5 Å². The van der Waals surface area contributed by atoms with Crippen molar-refractivity contribution in [2.45, 2.75) is 6.92 Å². The summed E-state index contributed by atoms with van der Waals surface area (Å²) in [5, 5.41) is 25.8. The number of anilines is 1. The summed E-state index contributed by atoms with van der Waals surface area (Å²) in [4.78, 5) is 0. The summed E-state index contributed by atoms with van der Waals surface area (Å²) in [7, 11) is 0. The monoisotopic (exact) mass is 260 g/mol. The first-order valence-corrected chi connectivity index (χ1v) is 5.45. The van der Waals surface area contributed by atoms with Gasteiger partial charge in [-0.25, -0.2) is 0 Å². The summed E-state index contributed by atoms with van der Waals surface area (Å²) < 4.78 is 0. The smallest absolute Gasteiger partial charge is 0.216 e. The standard InChI is InChI=1S/C11H9ClN6/c1-7-4-9(12)2-3-10(7)14-6-8(5-13)11-15-17-18-16-11/h2-4,6,14H,1H3,(H,15,16,17,18). The molecule has 1 heterocycles. The molecule has 0 spiro atoms. The molecule has 0 aliphatic rings. The van der Waals surface area contributed by atoms with Gasteiger partial charge in [0.25, 0.3) is 0 Å². The quantitative estimate of drug-likeness (QED) is 0.825. The SMILES string of the molecule is Cc1cc(Cl)ccc1NC=C(C#N)c1nn[nH]n1. The average molecular weight is 261 g/mol. The van der Waals surface area contributed by atoms with Crippen LogP contribution in [0.5, 0.6) is 0 Å². The number of rotatable bonds is 3. The minimum absolute atomic E-state index is 0.247. The Balaban J connectivity index is 2.22. The fourth-order valence-electron chi connectivity index (χ4n) is 1.36. The number of nitrogens with zero attached hydrogens (tertiary/aromatic N) is 4. The van der Waals surface area contributed by atoms with E-state index in [0.717, 1.165) is 11.3 Å². The summed E-state index contributed by atoms with van der Waals surface area (Å²) in [6.07, 6.45) is 1.53. The summed E-state index contributed by atoms with van der Waals surface area (Å²) in [6, 6.07) is 7.43. The maximum Gasteiger partial charge on any atom is 0.216 e. The van der Waals surface area contributed by atoms with Crippen molar-refractivity contribution < 1.29 is 0 Å². The Labute approximate surface area is 108 Å². The van der Waals surface area contributed by atoms with E-state index in [1.807, 2.05) is 25.1 Å². The molecular formula is C11H9ClN6. The van der Waals surface area contributed by atoms with Crippen molar-refractivity contribution in [2.24, 2.45) is 0 Å². The molecule has 7 heteroatoms. The Kier molecular flexibility index (Phi) is 3.55. The molecule has 0 bridgehead atoms. The molecule has 2 N–H and O–H groups in total. The van der Waals surface area contributed by atoms with Crippen molar-refractivity contribution in [1.29, 1.82) is 5.26 Å². The number of benzene rings is 1. The number of allylic oxidation sites excluding steroid dienone is 1. The molecule has 6 nitrogen and oxygen atoms in total. The highest BCUT2D eigenvalue weighted by molar-refractivity contribution is 6.30. The van der Waals surface area contributed by atoms with Gasteiger partial charge in [-0.15, -0.1) is 10.2 Å². The Morgan fingerprint density at radius 2 is 2.39 bits per heavy atom. The van der Waals surface area contributed by atoms with E-state index in [-0.39, 0.29) is 11.4 Å². The maximum absolute atomic E-state index is 8.99. The van der Waals surface area contributed by atoms with Gasteiger partial charge in [0, 0.05) is 16.9 Å². The minimum Gasteiger partial charge on any atom is -0.360 e. The molecule has 2 rings (SSSR count). The highest BCUT2D eigenvalue weighted by Gasteiger charge is 2.05.